The summed E-state index contributed by atoms with van der Waals surface area (Å²) < 4.78 is 26.0. The number of hydrogen-bond donors (Lipinski definition) is 1. The molecule has 1 amide bonds. The molecule has 0 spiro atoms. The van der Waals surface area contributed by atoms with Crippen molar-refractivity contribution < 1.29 is 13.2 Å². The first-order chi connectivity index (χ1) is 13.0. The van der Waals surface area contributed by atoms with Crippen molar-refractivity contribution in [3.8, 4) is 0 Å². The van der Waals surface area contributed by atoms with Crippen molar-refractivity contribution >= 4 is 38.2 Å². The van der Waals surface area contributed by atoms with Gasteiger partial charge in [-0.2, -0.15) is 0 Å². The first kappa shape index (κ1) is 17.5. The molecule has 1 saturated heterocycles. The van der Waals surface area contributed by atoms with Crippen molar-refractivity contribution in [3.05, 3.63) is 66.4 Å². The molecular weight excluding hydrogens is 362 g/mol. The van der Waals surface area contributed by atoms with E-state index in [2.05, 4.69) is 10.3 Å². The van der Waals surface area contributed by atoms with Crippen molar-refractivity contribution in [1.29, 1.82) is 0 Å². The Hall–Kier alpha value is -2.93. The number of pyridine rings is 1. The lowest BCUT2D eigenvalue weighted by Gasteiger charge is -2.28. The zero-order valence-corrected chi connectivity index (χ0v) is 15.4. The fourth-order valence-corrected chi connectivity index (χ4v) is 4.91. The highest BCUT2D eigenvalue weighted by Gasteiger charge is 2.26. The third-order valence-electron chi connectivity index (χ3n) is 4.63. The molecule has 4 rings (SSSR count). The third-order valence-corrected chi connectivity index (χ3v) is 6.50. The average Bonchev–Trinajstić information content (AvgIpc) is 2.68. The molecular formula is C20H19N3O3S. The lowest BCUT2D eigenvalue weighted by Crippen LogP contribution is -2.37. The number of benzene rings is 2. The second-order valence-electron chi connectivity index (χ2n) is 6.48. The molecule has 1 fully saturated rings. The molecule has 0 aliphatic carbocycles. The van der Waals surface area contributed by atoms with Gasteiger partial charge in [0.2, 0.25) is 10.0 Å². The van der Waals surface area contributed by atoms with Gasteiger partial charge in [0.25, 0.3) is 5.91 Å². The molecule has 7 heteroatoms. The van der Waals surface area contributed by atoms with Gasteiger partial charge in [-0.15, -0.1) is 0 Å². The summed E-state index contributed by atoms with van der Waals surface area (Å²) in [4.78, 5) is 17.1. The van der Waals surface area contributed by atoms with Crippen LogP contribution in [-0.2, 0) is 10.0 Å². The Morgan fingerprint density at radius 3 is 2.70 bits per heavy atom. The Kier molecular flexibility index (Phi) is 4.53. The van der Waals surface area contributed by atoms with E-state index in [1.807, 2.05) is 24.3 Å². The fourth-order valence-electron chi connectivity index (χ4n) is 3.28. The van der Waals surface area contributed by atoms with Crippen LogP contribution in [-0.4, -0.2) is 31.6 Å². The molecule has 0 unspecified atom stereocenters. The number of carbonyl (C=O) groups is 1. The van der Waals surface area contributed by atoms with E-state index < -0.39 is 10.0 Å². The van der Waals surface area contributed by atoms with Crippen LogP contribution in [0, 0.1) is 0 Å². The zero-order valence-electron chi connectivity index (χ0n) is 14.6. The number of hydrogen-bond acceptors (Lipinski definition) is 4. The van der Waals surface area contributed by atoms with Crippen LogP contribution in [0.2, 0.25) is 0 Å². The monoisotopic (exact) mass is 381 g/mol. The number of carbonyl (C=O) groups excluding carboxylic acids is 1. The topological polar surface area (TPSA) is 79.4 Å². The zero-order chi connectivity index (χ0) is 18.9. The van der Waals surface area contributed by atoms with E-state index in [0.29, 0.717) is 35.4 Å². The SMILES string of the molecule is O=C(Nc1cccc2cccnc12)c1cccc(N2CCCCS2(=O)=O)c1. The maximum Gasteiger partial charge on any atom is 0.255 e. The summed E-state index contributed by atoms with van der Waals surface area (Å²) in [5, 5.41) is 3.82. The lowest BCUT2D eigenvalue weighted by molar-refractivity contribution is 0.102. The molecule has 27 heavy (non-hydrogen) atoms. The Labute approximate surface area is 157 Å². The molecule has 2 heterocycles. The predicted molar refractivity (Wildman–Crippen MR) is 107 cm³/mol. The van der Waals surface area contributed by atoms with Gasteiger partial charge in [0.15, 0.2) is 0 Å². The summed E-state index contributed by atoms with van der Waals surface area (Å²) in [5.41, 5.74) is 2.26. The van der Waals surface area contributed by atoms with Crippen molar-refractivity contribution in [3.63, 3.8) is 0 Å². The van der Waals surface area contributed by atoms with Gasteiger partial charge in [-0.05, 0) is 43.2 Å². The smallest absolute Gasteiger partial charge is 0.255 e. The molecule has 1 N–H and O–H groups in total. The quantitative estimate of drug-likeness (QED) is 0.754. The summed E-state index contributed by atoms with van der Waals surface area (Å²) in [7, 11) is -3.32. The summed E-state index contributed by atoms with van der Waals surface area (Å²) >= 11 is 0. The minimum atomic E-state index is -3.32. The van der Waals surface area contributed by atoms with E-state index in [1.165, 1.54) is 4.31 Å². The van der Waals surface area contributed by atoms with E-state index >= 15 is 0 Å². The molecule has 0 bridgehead atoms. The van der Waals surface area contributed by atoms with Crippen LogP contribution >= 0.6 is 0 Å². The van der Waals surface area contributed by atoms with E-state index in [1.54, 1.807) is 36.5 Å². The largest absolute Gasteiger partial charge is 0.320 e. The second-order valence-corrected chi connectivity index (χ2v) is 8.49. The standard InChI is InChI=1S/C20H19N3O3S/c24-20(22-18-10-4-6-15-8-5-11-21-19(15)18)16-7-3-9-17(14-16)23-12-1-2-13-27(23,25)26/h3-11,14H,1-2,12-13H2,(H,22,24). The number of sulfonamides is 1. The first-order valence-corrected chi connectivity index (χ1v) is 10.4. The van der Waals surface area contributed by atoms with Gasteiger partial charge in [0.1, 0.15) is 0 Å². The van der Waals surface area contributed by atoms with E-state index in [9.17, 15) is 13.2 Å². The summed E-state index contributed by atoms with van der Waals surface area (Å²) in [6, 6.07) is 16.1. The van der Waals surface area contributed by atoms with Crippen LogP contribution in [0.25, 0.3) is 10.9 Å². The maximum absolute atomic E-state index is 12.7. The number of rotatable bonds is 3. The summed E-state index contributed by atoms with van der Waals surface area (Å²) in [5.74, 6) is -0.158. The maximum atomic E-state index is 12.7. The molecule has 0 radical (unpaired) electrons. The van der Waals surface area contributed by atoms with Gasteiger partial charge < -0.3 is 5.32 Å². The molecule has 6 nitrogen and oxygen atoms in total. The molecule has 138 valence electrons. The van der Waals surface area contributed by atoms with Gasteiger partial charge in [0, 0.05) is 23.7 Å². The number of nitrogens with zero attached hydrogens (tertiary/aromatic N) is 2. The second kappa shape index (κ2) is 7.00. The van der Waals surface area contributed by atoms with Gasteiger partial charge >= 0.3 is 0 Å². The van der Waals surface area contributed by atoms with Crippen molar-refractivity contribution in [2.45, 2.75) is 12.8 Å². The summed E-state index contributed by atoms with van der Waals surface area (Å²) in [6.07, 6.45) is 3.17. The minimum absolute atomic E-state index is 0.144. The molecule has 0 atom stereocenters. The average molecular weight is 381 g/mol. The lowest BCUT2D eigenvalue weighted by atomic mass is 10.1. The Morgan fingerprint density at radius 1 is 1.04 bits per heavy atom. The van der Waals surface area contributed by atoms with Crippen LogP contribution in [0.1, 0.15) is 23.2 Å². The Bertz CT molecular complexity index is 1110. The molecule has 1 aliphatic heterocycles. The van der Waals surface area contributed by atoms with Crippen LogP contribution in [0.4, 0.5) is 11.4 Å². The number of anilines is 2. The van der Waals surface area contributed by atoms with Gasteiger partial charge in [0.05, 0.1) is 22.6 Å². The molecule has 3 aromatic rings. The highest BCUT2D eigenvalue weighted by atomic mass is 32.2. The van der Waals surface area contributed by atoms with Gasteiger partial charge in [-0.1, -0.05) is 24.3 Å². The van der Waals surface area contributed by atoms with Crippen LogP contribution < -0.4 is 9.62 Å². The number of amides is 1. The minimum Gasteiger partial charge on any atom is -0.320 e. The molecule has 2 aromatic carbocycles. The molecule has 1 aromatic heterocycles. The van der Waals surface area contributed by atoms with E-state index in [-0.39, 0.29) is 11.7 Å². The first-order valence-electron chi connectivity index (χ1n) is 8.80. The van der Waals surface area contributed by atoms with Gasteiger partial charge in [-0.3, -0.25) is 14.1 Å². The normalized spacial score (nSPS) is 16.2. The highest BCUT2D eigenvalue weighted by molar-refractivity contribution is 7.92. The third kappa shape index (κ3) is 3.50. The summed E-state index contributed by atoms with van der Waals surface area (Å²) in [6.45, 7) is 0.445. The fraction of sp³-hybridized carbons (Fsp3) is 0.200. The number of para-hydroxylation sites is 1. The van der Waals surface area contributed by atoms with E-state index in [0.717, 1.165) is 11.8 Å². The van der Waals surface area contributed by atoms with E-state index in [4.69, 9.17) is 0 Å². The van der Waals surface area contributed by atoms with Crippen molar-refractivity contribution in [2.75, 3.05) is 21.9 Å². The number of fused-ring (bicyclic) bond motifs is 1. The molecule has 0 saturated carbocycles. The van der Waals surface area contributed by atoms with Crippen molar-refractivity contribution in [2.24, 2.45) is 0 Å². The van der Waals surface area contributed by atoms with Crippen molar-refractivity contribution in [1.82, 2.24) is 4.98 Å². The van der Waals surface area contributed by atoms with Crippen LogP contribution in [0.3, 0.4) is 0 Å². The number of aromatic nitrogens is 1. The van der Waals surface area contributed by atoms with Crippen LogP contribution in [0.15, 0.2) is 60.8 Å². The highest BCUT2D eigenvalue weighted by Crippen LogP contribution is 2.25. The van der Waals surface area contributed by atoms with Gasteiger partial charge in [-0.25, -0.2) is 8.42 Å². The molecule has 1 aliphatic rings. The Morgan fingerprint density at radius 2 is 1.85 bits per heavy atom. The number of nitrogens with one attached hydrogen (secondary N) is 1. The Balaban J connectivity index is 1.63. The predicted octanol–water partition coefficient (Wildman–Crippen LogP) is 3.42. The van der Waals surface area contributed by atoms with Crippen LogP contribution in [0.5, 0.6) is 0 Å².